The predicted molar refractivity (Wildman–Crippen MR) is 274 cm³/mol. The molecule has 4 aromatic heterocycles. The van der Waals surface area contributed by atoms with Crippen LogP contribution in [-0.2, 0) is 23.9 Å². The summed E-state index contributed by atoms with van der Waals surface area (Å²) in [6, 6.07) is 19.0. The van der Waals surface area contributed by atoms with E-state index in [4.69, 9.17) is 4.74 Å². The zero-order valence-corrected chi connectivity index (χ0v) is 41.8. The van der Waals surface area contributed by atoms with E-state index < -0.39 is 57.5 Å². The second kappa shape index (κ2) is 21.4. The summed E-state index contributed by atoms with van der Waals surface area (Å²) in [5.74, 6) is -4.38. The van der Waals surface area contributed by atoms with Crippen LogP contribution < -0.4 is 35.8 Å². The molecule has 376 valence electrons. The van der Waals surface area contributed by atoms with Gasteiger partial charge in [-0.05, 0) is 103 Å². The first-order valence-corrected chi connectivity index (χ1v) is 25.8. The van der Waals surface area contributed by atoms with Crippen molar-refractivity contribution in [2.45, 2.75) is 39.0 Å². The lowest BCUT2D eigenvalue weighted by molar-refractivity contribution is 0.101. The molecule has 0 aliphatic carbocycles. The number of amides is 6. The monoisotopic (exact) mass is 1060 g/mol. The van der Waals surface area contributed by atoms with E-state index in [-0.39, 0.29) is 54.3 Å². The van der Waals surface area contributed by atoms with Gasteiger partial charge in [0.1, 0.15) is 34.6 Å². The van der Waals surface area contributed by atoms with Crippen LogP contribution in [0.15, 0.2) is 112 Å². The van der Waals surface area contributed by atoms with Gasteiger partial charge in [-0.1, -0.05) is 24.3 Å². The number of urea groups is 2. The molecule has 4 aromatic carbocycles. The van der Waals surface area contributed by atoms with Crippen LogP contribution in [0.4, 0.5) is 61.5 Å². The van der Waals surface area contributed by atoms with Gasteiger partial charge in [0.25, 0.3) is 11.8 Å². The van der Waals surface area contributed by atoms with Gasteiger partial charge in [-0.25, -0.2) is 46.9 Å². The number of carbonyl (C=O) groups excluding carboxylic acids is 4. The first-order chi connectivity index (χ1) is 35.6. The maximum absolute atomic E-state index is 14.8. The quantitative estimate of drug-likeness (QED) is 0.0713. The van der Waals surface area contributed by atoms with E-state index in [0.717, 1.165) is 45.2 Å². The molecular formula is C51H40F4N10O6S3. The fourth-order valence-electron chi connectivity index (χ4n) is 7.97. The van der Waals surface area contributed by atoms with Crippen molar-refractivity contribution in [1.82, 2.24) is 30.6 Å². The highest BCUT2D eigenvalue weighted by Crippen LogP contribution is 2.42. The number of halogens is 4. The number of aryl methyl sites for hydroxylation is 2. The van der Waals surface area contributed by atoms with Crippen LogP contribution in [0.1, 0.15) is 49.9 Å². The van der Waals surface area contributed by atoms with Crippen molar-refractivity contribution < 1.29 is 45.7 Å². The largest absolute Gasteiger partial charge is 0.464 e. The number of hydrogen-bond acceptors (Lipinski definition) is 12. The number of hydrogen-bond donors (Lipinski definition) is 4. The van der Waals surface area contributed by atoms with E-state index in [0.29, 0.717) is 56.1 Å². The van der Waals surface area contributed by atoms with E-state index in [1.165, 1.54) is 41.1 Å². The number of thiophene rings is 2. The number of benzene rings is 4. The molecule has 1 atom stereocenters. The molecule has 0 bridgehead atoms. The van der Waals surface area contributed by atoms with Crippen LogP contribution in [0.2, 0.25) is 0 Å². The number of nitrogens with zero attached hydrogens (tertiary/aromatic N) is 6. The zero-order valence-electron chi connectivity index (χ0n) is 39.4. The molecule has 2 aliphatic heterocycles. The van der Waals surface area contributed by atoms with Crippen molar-refractivity contribution >= 4 is 91.7 Å². The van der Waals surface area contributed by atoms with Crippen LogP contribution in [0.5, 0.6) is 6.01 Å². The molecule has 16 nitrogen and oxygen atoms in total. The zero-order chi connectivity index (χ0) is 52.4. The van der Waals surface area contributed by atoms with Gasteiger partial charge in [0.2, 0.25) is 5.16 Å². The SMILES string of the molecule is CCOc1nc(-c2cc(NC(=O)c3ccsc3)ccc2C)c2c(n1)N(c1c(F)cccc1F)C(=O)NC2.Cc1ccc(NC(=O)c2ccsc2)cc1-c1nc(S(C)=O)nc2c1CNC(=O)N2c1c(F)cccc1F. The molecule has 0 fully saturated rings. The van der Waals surface area contributed by atoms with Crippen molar-refractivity contribution in [2.75, 3.05) is 33.3 Å². The summed E-state index contributed by atoms with van der Waals surface area (Å²) in [5.41, 5.74) is 5.23. The molecule has 2 aliphatic rings. The average Bonchev–Trinajstić information content (AvgIpc) is 4.13. The molecule has 0 saturated carbocycles. The van der Waals surface area contributed by atoms with Crippen molar-refractivity contribution in [3.05, 3.63) is 163 Å². The number of anilines is 6. The van der Waals surface area contributed by atoms with Crippen LogP contribution in [0.25, 0.3) is 22.5 Å². The van der Waals surface area contributed by atoms with Gasteiger partial charge >= 0.3 is 18.1 Å². The highest BCUT2D eigenvalue weighted by Gasteiger charge is 2.36. The lowest BCUT2D eigenvalue weighted by Crippen LogP contribution is -2.43. The Balaban J connectivity index is 0.000000182. The average molecular weight is 1060 g/mol. The van der Waals surface area contributed by atoms with E-state index >= 15 is 0 Å². The second-order valence-corrected chi connectivity index (χ2v) is 19.2. The third-order valence-electron chi connectivity index (χ3n) is 11.5. The van der Waals surface area contributed by atoms with Gasteiger partial charge in [-0.3, -0.25) is 13.8 Å². The summed E-state index contributed by atoms with van der Waals surface area (Å²) in [6.45, 7) is 5.66. The summed E-state index contributed by atoms with van der Waals surface area (Å²) in [6.07, 6.45) is 1.37. The minimum Gasteiger partial charge on any atom is -0.464 e. The standard InChI is InChI=1S/C26H21F2N5O3S.C25H19F2N5O3S2/c1-3-36-25-31-21(17-11-16(8-7-14(17)2)30-24(34)15-9-10-37-13-15)18-12-29-26(35)33(23(18)32-25)22-19(27)5-4-6-20(22)28;1-13-6-7-15(29-23(33)14-8-9-36-12-14)10-16(13)20-17-11-28-25(34)32(21-18(26)4-3-5-19(21)27)22(17)31-24(30-20)37(2)35/h4-11,13H,3,12H2,1-2H3,(H,29,35)(H,30,34);3-10,12H,11H2,1-2H3,(H,28,34)(H,29,33). The van der Waals surface area contributed by atoms with Gasteiger partial charge < -0.3 is 26.0 Å². The van der Waals surface area contributed by atoms with Crippen molar-refractivity contribution in [3.63, 3.8) is 0 Å². The predicted octanol–water partition coefficient (Wildman–Crippen LogP) is 10.9. The van der Waals surface area contributed by atoms with Gasteiger partial charge in [-0.2, -0.15) is 32.6 Å². The molecular weight excluding hydrogens is 1020 g/mol. The lowest BCUT2D eigenvalue weighted by atomic mass is 9.99. The molecule has 23 heteroatoms. The summed E-state index contributed by atoms with van der Waals surface area (Å²) in [7, 11) is -1.68. The molecule has 0 radical (unpaired) electrons. The highest BCUT2D eigenvalue weighted by molar-refractivity contribution is 7.84. The van der Waals surface area contributed by atoms with Gasteiger partial charge in [0.15, 0.2) is 11.6 Å². The van der Waals surface area contributed by atoms with Crippen LogP contribution >= 0.6 is 22.7 Å². The number of ether oxygens (including phenoxy) is 1. The molecule has 4 N–H and O–H groups in total. The molecule has 74 heavy (non-hydrogen) atoms. The highest BCUT2D eigenvalue weighted by atomic mass is 32.2. The Morgan fingerprint density at radius 3 is 1.53 bits per heavy atom. The maximum atomic E-state index is 14.8. The minimum absolute atomic E-state index is 0.00770. The first-order valence-electron chi connectivity index (χ1n) is 22.3. The first kappa shape index (κ1) is 50.5. The Kier molecular flexibility index (Phi) is 14.6. The Hall–Kier alpha value is -8.41. The lowest BCUT2D eigenvalue weighted by Gasteiger charge is -2.30. The third kappa shape index (κ3) is 10.2. The Morgan fingerprint density at radius 1 is 0.662 bits per heavy atom. The second-order valence-electron chi connectivity index (χ2n) is 16.3. The Bertz CT molecular complexity index is 3510. The Labute approximate surface area is 430 Å². The minimum atomic E-state index is -1.68. The van der Waals surface area contributed by atoms with E-state index in [2.05, 4.69) is 41.2 Å². The topological polar surface area (TPSA) is 201 Å². The number of nitrogens with one attached hydrogen (secondary N) is 4. The summed E-state index contributed by atoms with van der Waals surface area (Å²) in [5, 5.41) is 18.0. The molecule has 0 spiro atoms. The van der Waals surface area contributed by atoms with E-state index in [1.54, 1.807) is 65.5 Å². The normalized spacial score (nSPS) is 13.1. The fraction of sp³-hybridized carbons (Fsp3) is 0.137. The summed E-state index contributed by atoms with van der Waals surface area (Å²) < 4.78 is 77.0. The summed E-state index contributed by atoms with van der Waals surface area (Å²) in [4.78, 5) is 70.2. The maximum Gasteiger partial charge on any atom is 0.328 e. The molecule has 6 heterocycles. The molecule has 10 rings (SSSR count). The van der Waals surface area contributed by atoms with Crippen LogP contribution in [0.3, 0.4) is 0 Å². The number of aromatic nitrogens is 4. The van der Waals surface area contributed by atoms with Crippen molar-refractivity contribution in [2.24, 2.45) is 0 Å². The van der Waals surface area contributed by atoms with Crippen molar-refractivity contribution in [1.29, 1.82) is 0 Å². The number of rotatable bonds is 11. The Morgan fingerprint density at radius 2 is 1.11 bits per heavy atom. The number of para-hydroxylation sites is 2. The number of carbonyl (C=O) groups is 4. The molecule has 0 saturated heterocycles. The fourth-order valence-corrected chi connectivity index (χ4v) is 9.68. The molecule has 1 unspecified atom stereocenters. The van der Waals surface area contributed by atoms with Crippen LogP contribution in [0, 0.1) is 37.1 Å². The number of fused-ring (bicyclic) bond motifs is 2. The van der Waals surface area contributed by atoms with Gasteiger partial charge in [-0.15, -0.1) is 0 Å². The molecule has 6 amide bonds. The third-order valence-corrected chi connectivity index (χ3v) is 13.6. The summed E-state index contributed by atoms with van der Waals surface area (Å²) >= 11 is 2.82. The van der Waals surface area contributed by atoms with Gasteiger partial charge in [0.05, 0.1) is 53.0 Å². The smallest absolute Gasteiger partial charge is 0.328 e. The van der Waals surface area contributed by atoms with Crippen molar-refractivity contribution in [3.8, 4) is 28.5 Å². The molecule has 8 aromatic rings. The van der Waals surface area contributed by atoms with Gasteiger partial charge in [0, 0.05) is 50.6 Å². The van der Waals surface area contributed by atoms with Crippen LogP contribution in [-0.4, -0.2) is 60.9 Å². The van der Waals surface area contributed by atoms with E-state index in [9.17, 15) is 40.9 Å². The van der Waals surface area contributed by atoms with E-state index in [1.807, 2.05) is 25.3 Å².